The molecule has 1 aromatic heterocycles. The van der Waals surface area contributed by atoms with Crippen LogP contribution in [0, 0.1) is 11.7 Å². The van der Waals surface area contributed by atoms with Crippen LogP contribution in [0.1, 0.15) is 29.1 Å². The average molecular weight is 427 g/mol. The van der Waals surface area contributed by atoms with E-state index >= 15 is 0 Å². The molecule has 7 heteroatoms. The lowest BCUT2D eigenvalue weighted by Crippen LogP contribution is -2.49. The molecule has 0 aliphatic heterocycles. The predicted molar refractivity (Wildman–Crippen MR) is 101 cm³/mol. The van der Waals surface area contributed by atoms with Gasteiger partial charge >= 0.3 is 0 Å². The maximum atomic E-state index is 13.0. The summed E-state index contributed by atoms with van der Waals surface area (Å²) in [6.07, 6.45) is 0. The highest BCUT2D eigenvalue weighted by Crippen LogP contribution is 2.21. The summed E-state index contributed by atoms with van der Waals surface area (Å²) in [7, 11) is 1.72. The first-order chi connectivity index (χ1) is 11.8. The van der Waals surface area contributed by atoms with Crippen LogP contribution in [0.15, 0.2) is 40.2 Å². The van der Waals surface area contributed by atoms with E-state index in [0.29, 0.717) is 12.1 Å². The van der Waals surface area contributed by atoms with Crippen molar-refractivity contribution in [3.05, 3.63) is 56.4 Å². The van der Waals surface area contributed by atoms with E-state index in [2.05, 4.69) is 21.2 Å². The van der Waals surface area contributed by atoms with E-state index in [1.165, 1.54) is 24.3 Å². The van der Waals surface area contributed by atoms with E-state index in [1.807, 2.05) is 25.3 Å². The predicted octanol–water partition coefficient (Wildman–Crippen LogP) is 4.06. The van der Waals surface area contributed by atoms with Gasteiger partial charge in [-0.05, 0) is 52.2 Å². The number of benzene rings is 1. The first-order valence-electron chi connectivity index (χ1n) is 7.82. The van der Waals surface area contributed by atoms with Gasteiger partial charge in [-0.15, -0.1) is 11.3 Å². The Kier molecular flexibility index (Phi) is 6.72. The third-order valence-electron chi connectivity index (χ3n) is 3.72. The summed E-state index contributed by atoms with van der Waals surface area (Å²) in [5, 5.41) is 4.73. The molecule has 0 aliphatic carbocycles. The first kappa shape index (κ1) is 19.6. The van der Waals surface area contributed by atoms with Crippen molar-refractivity contribution in [2.75, 3.05) is 7.05 Å². The van der Waals surface area contributed by atoms with Crippen LogP contribution in [0.25, 0.3) is 0 Å². The second-order valence-electron chi connectivity index (χ2n) is 6.13. The van der Waals surface area contributed by atoms with Gasteiger partial charge in [-0.25, -0.2) is 4.39 Å². The zero-order valence-corrected chi connectivity index (χ0v) is 16.7. The van der Waals surface area contributed by atoms with Crippen LogP contribution in [0.5, 0.6) is 0 Å². The van der Waals surface area contributed by atoms with Crippen molar-refractivity contribution in [3.8, 4) is 0 Å². The summed E-state index contributed by atoms with van der Waals surface area (Å²) in [6.45, 7) is 4.23. The van der Waals surface area contributed by atoms with Gasteiger partial charge in [0.25, 0.3) is 5.91 Å². The molecule has 2 rings (SSSR count). The Hall–Kier alpha value is -1.73. The summed E-state index contributed by atoms with van der Waals surface area (Å²) in [6, 6.07) is 6.57. The van der Waals surface area contributed by atoms with E-state index in [-0.39, 0.29) is 17.7 Å². The van der Waals surface area contributed by atoms with Crippen LogP contribution >= 0.6 is 27.3 Å². The van der Waals surface area contributed by atoms with Crippen molar-refractivity contribution in [1.82, 2.24) is 10.2 Å². The fourth-order valence-corrected chi connectivity index (χ4v) is 3.83. The number of hydrogen-bond acceptors (Lipinski definition) is 3. The molecule has 2 aromatic rings. The molecule has 0 saturated carbocycles. The Morgan fingerprint density at radius 2 is 1.92 bits per heavy atom. The molecule has 1 aromatic carbocycles. The van der Waals surface area contributed by atoms with Gasteiger partial charge in [0, 0.05) is 27.3 Å². The summed E-state index contributed by atoms with van der Waals surface area (Å²) >= 11 is 4.96. The molecule has 1 N–H and O–H groups in total. The molecule has 4 nitrogen and oxygen atoms in total. The molecule has 1 heterocycles. The molecule has 0 radical (unpaired) electrons. The molecule has 0 aliphatic rings. The maximum absolute atomic E-state index is 13.0. The Labute approximate surface area is 159 Å². The monoisotopic (exact) mass is 426 g/mol. The van der Waals surface area contributed by atoms with Crippen LogP contribution in [-0.4, -0.2) is 29.8 Å². The molecule has 2 amide bonds. The molecule has 25 heavy (non-hydrogen) atoms. The standard InChI is InChI=1S/C18H20BrFN2O2S/c1-11(2)16(21-17(23)12-4-6-14(20)7-5-12)18(24)22(3)9-15-8-13(19)10-25-15/h4-8,10-11,16H,9H2,1-3H3,(H,21,23). The normalized spacial score (nSPS) is 12.1. The lowest BCUT2D eigenvalue weighted by atomic mass is 10.0. The van der Waals surface area contributed by atoms with Crippen LogP contribution in [0.3, 0.4) is 0 Å². The number of hydrogen-bond donors (Lipinski definition) is 1. The minimum absolute atomic E-state index is 0.0746. The quantitative estimate of drug-likeness (QED) is 0.756. The third kappa shape index (κ3) is 5.37. The van der Waals surface area contributed by atoms with Gasteiger partial charge in [-0.2, -0.15) is 0 Å². The van der Waals surface area contributed by atoms with Gasteiger partial charge in [0.2, 0.25) is 5.91 Å². The van der Waals surface area contributed by atoms with E-state index in [4.69, 9.17) is 0 Å². The van der Waals surface area contributed by atoms with E-state index in [1.54, 1.807) is 23.3 Å². The van der Waals surface area contributed by atoms with Crippen LogP contribution in [-0.2, 0) is 11.3 Å². The molecule has 0 bridgehead atoms. The second kappa shape index (κ2) is 8.58. The van der Waals surface area contributed by atoms with Gasteiger partial charge in [-0.1, -0.05) is 13.8 Å². The van der Waals surface area contributed by atoms with Crippen LogP contribution in [0.4, 0.5) is 4.39 Å². The smallest absolute Gasteiger partial charge is 0.251 e. The molecule has 134 valence electrons. The van der Waals surface area contributed by atoms with Gasteiger partial charge in [0.15, 0.2) is 0 Å². The van der Waals surface area contributed by atoms with Gasteiger partial charge in [0.05, 0.1) is 6.54 Å². The summed E-state index contributed by atoms with van der Waals surface area (Å²) < 4.78 is 14.0. The van der Waals surface area contributed by atoms with E-state index in [9.17, 15) is 14.0 Å². The zero-order valence-electron chi connectivity index (χ0n) is 14.3. The van der Waals surface area contributed by atoms with Gasteiger partial charge in [0.1, 0.15) is 11.9 Å². The second-order valence-corrected chi connectivity index (χ2v) is 8.04. The van der Waals surface area contributed by atoms with Crippen molar-refractivity contribution in [3.63, 3.8) is 0 Å². The van der Waals surface area contributed by atoms with Gasteiger partial charge < -0.3 is 10.2 Å². The van der Waals surface area contributed by atoms with Crippen molar-refractivity contribution in [2.45, 2.75) is 26.4 Å². The number of thiophene rings is 1. The Morgan fingerprint density at radius 3 is 2.44 bits per heavy atom. The van der Waals surface area contributed by atoms with E-state index in [0.717, 1.165) is 9.35 Å². The number of nitrogens with one attached hydrogen (secondary N) is 1. The molecule has 0 saturated heterocycles. The Balaban J connectivity index is 2.06. The minimum Gasteiger partial charge on any atom is -0.340 e. The average Bonchev–Trinajstić information content (AvgIpc) is 2.97. The van der Waals surface area contributed by atoms with E-state index < -0.39 is 11.9 Å². The highest BCUT2D eigenvalue weighted by molar-refractivity contribution is 9.10. The summed E-state index contributed by atoms with van der Waals surface area (Å²) in [4.78, 5) is 27.8. The number of rotatable bonds is 6. The van der Waals surface area contributed by atoms with Crippen molar-refractivity contribution >= 4 is 39.1 Å². The van der Waals surface area contributed by atoms with Crippen LogP contribution in [0.2, 0.25) is 0 Å². The largest absolute Gasteiger partial charge is 0.340 e. The molecule has 1 unspecified atom stereocenters. The van der Waals surface area contributed by atoms with Crippen molar-refractivity contribution in [2.24, 2.45) is 5.92 Å². The molecular formula is C18H20BrFN2O2S. The summed E-state index contributed by atoms with van der Waals surface area (Å²) in [5.41, 5.74) is 0.324. The van der Waals surface area contributed by atoms with Crippen molar-refractivity contribution in [1.29, 1.82) is 0 Å². The Bertz CT molecular complexity index is 746. The van der Waals surface area contributed by atoms with Gasteiger partial charge in [-0.3, -0.25) is 9.59 Å². The fraction of sp³-hybridized carbons (Fsp3) is 0.333. The number of carbonyl (C=O) groups excluding carboxylic acids is 2. The Morgan fingerprint density at radius 1 is 1.28 bits per heavy atom. The lowest BCUT2D eigenvalue weighted by molar-refractivity contribution is -0.133. The SMILES string of the molecule is CC(C)C(NC(=O)c1ccc(F)cc1)C(=O)N(C)Cc1cc(Br)cs1. The number of nitrogens with zero attached hydrogens (tertiary/aromatic N) is 1. The fourth-order valence-electron chi connectivity index (χ4n) is 2.33. The van der Waals surface area contributed by atoms with Crippen molar-refractivity contribution < 1.29 is 14.0 Å². The molecule has 0 fully saturated rings. The highest BCUT2D eigenvalue weighted by atomic mass is 79.9. The highest BCUT2D eigenvalue weighted by Gasteiger charge is 2.27. The molecule has 1 atom stereocenters. The topological polar surface area (TPSA) is 49.4 Å². The summed E-state index contributed by atoms with van der Waals surface area (Å²) in [5.74, 6) is -1.03. The minimum atomic E-state index is -0.647. The number of halogens is 2. The number of amides is 2. The third-order valence-corrected chi connectivity index (χ3v) is 5.40. The lowest BCUT2D eigenvalue weighted by Gasteiger charge is -2.27. The maximum Gasteiger partial charge on any atom is 0.251 e. The number of likely N-dealkylation sites (N-methyl/N-ethyl adjacent to an activating group) is 1. The molecular weight excluding hydrogens is 407 g/mol. The van der Waals surface area contributed by atoms with Crippen LogP contribution < -0.4 is 5.32 Å². The number of carbonyl (C=O) groups is 2. The molecule has 0 spiro atoms. The zero-order chi connectivity index (χ0) is 18.6. The first-order valence-corrected chi connectivity index (χ1v) is 9.49.